The molecule has 0 bridgehead atoms. The number of piperazine rings is 1. The van der Waals surface area contributed by atoms with Gasteiger partial charge in [0.2, 0.25) is 5.95 Å². The Morgan fingerprint density at radius 2 is 1.66 bits per heavy atom. The number of benzene rings is 2. The van der Waals surface area contributed by atoms with E-state index in [1.165, 1.54) is 0 Å². The monoisotopic (exact) mass is 389 g/mol. The molecule has 6 heteroatoms. The van der Waals surface area contributed by atoms with Gasteiger partial charge in [0.15, 0.2) is 0 Å². The van der Waals surface area contributed by atoms with Gasteiger partial charge in [-0.2, -0.15) is 4.98 Å². The van der Waals surface area contributed by atoms with Crippen LogP contribution in [0.1, 0.15) is 6.92 Å². The Labute approximate surface area is 172 Å². The van der Waals surface area contributed by atoms with E-state index in [0.717, 1.165) is 60.6 Å². The lowest BCUT2D eigenvalue weighted by molar-refractivity contribution is 0.311. The molecule has 0 aliphatic carbocycles. The summed E-state index contributed by atoms with van der Waals surface area (Å²) in [6.45, 7) is 6.46. The van der Waals surface area contributed by atoms with Crippen molar-refractivity contribution in [2.45, 2.75) is 6.92 Å². The van der Waals surface area contributed by atoms with E-state index in [1.54, 1.807) is 0 Å². The first-order valence-electron chi connectivity index (χ1n) is 10.1. The summed E-state index contributed by atoms with van der Waals surface area (Å²) in [6, 6.07) is 20.2. The summed E-state index contributed by atoms with van der Waals surface area (Å²) in [7, 11) is 2.15. The second-order valence-electron chi connectivity index (χ2n) is 7.15. The summed E-state index contributed by atoms with van der Waals surface area (Å²) in [6.07, 6.45) is 0. The third kappa shape index (κ3) is 4.66. The molecule has 6 nitrogen and oxygen atoms in total. The molecule has 1 aliphatic rings. The predicted octanol–water partition coefficient (Wildman–Crippen LogP) is 4.04. The molecule has 0 radical (unpaired) electrons. The third-order valence-electron chi connectivity index (χ3n) is 5.02. The minimum Gasteiger partial charge on any atom is -0.492 e. The molecule has 4 rings (SSSR count). The van der Waals surface area contributed by atoms with E-state index in [0.29, 0.717) is 6.61 Å². The maximum atomic E-state index is 5.76. The lowest BCUT2D eigenvalue weighted by atomic mass is 10.1. The van der Waals surface area contributed by atoms with Crippen molar-refractivity contribution >= 4 is 17.5 Å². The van der Waals surface area contributed by atoms with E-state index in [-0.39, 0.29) is 0 Å². The Balaban J connectivity index is 1.70. The Kier molecular flexibility index (Phi) is 5.91. The van der Waals surface area contributed by atoms with Gasteiger partial charge in [-0.25, -0.2) is 4.98 Å². The van der Waals surface area contributed by atoms with E-state index in [2.05, 4.69) is 34.3 Å². The molecule has 0 spiro atoms. The van der Waals surface area contributed by atoms with E-state index in [1.807, 2.05) is 55.5 Å². The highest BCUT2D eigenvalue weighted by atomic mass is 16.5. The fourth-order valence-electron chi connectivity index (χ4n) is 3.39. The van der Waals surface area contributed by atoms with Gasteiger partial charge < -0.3 is 19.9 Å². The van der Waals surface area contributed by atoms with Crippen LogP contribution in [0.25, 0.3) is 11.3 Å². The summed E-state index contributed by atoms with van der Waals surface area (Å²) in [4.78, 5) is 14.3. The van der Waals surface area contributed by atoms with Crippen LogP contribution < -0.4 is 15.0 Å². The summed E-state index contributed by atoms with van der Waals surface area (Å²) >= 11 is 0. The number of anilines is 3. The zero-order valence-electron chi connectivity index (χ0n) is 17.0. The smallest absolute Gasteiger partial charge is 0.227 e. The van der Waals surface area contributed by atoms with Crippen LogP contribution in [-0.2, 0) is 0 Å². The largest absolute Gasteiger partial charge is 0.492 e. The molecule has 0 amide bonds. The molecule has 150 valence electrons. The van der Waals surface area contributed by atoms with Crippen LogP contribution in [0.3, 0.4) is 0 Å². The van der Waals surface area contributed by atoms with Crippen molar-refractivity contribution in [3.63, 3.8) is 0 Å². The van der Waals surface area contributed by atoms with Gasteiger partial charge in [-0.15, -0.1) is 0 Å². The summed E-state index contributed by atoms with van der Waals surface area (Å²) < 4.78 is 5.76. The van der Waals surface area contributed by atoms with Crippen LogP contribution in [-0.4, -0.2) is 54.7 Å². The van der Waals surface area contributed by atoms with Gasteiger partial charge in [0.05, 0.1) is 18.0 Å². The van der Waals surface area contributed by atoms with Gasteiger partial charge >= 0.3 is 0 Å². The van der Waals surface area contributed by atoms with Gasteiger partial charge in [-0.05, 0) is 26.1 Å². The molecule has 2 heterocycles. The Morgan fingerprint density at radius 1 is 0.931 bits per heavy atom. The number of hydrogen-bond acceptors (Lipinski definition) is 6. The van der Waals surface area contributed by atoms with Crippen LogP contribution in [0.5, 0.6) is 5.75 Å². The van der Waals surface area contributed by atoms with Crippen molar-refractivity contribution in [3.8, 4) is 17.0 Å². The van der Waals surface area contributed by atoms with Crippen molar-refractivity contribution in [1.82, 2.24) is 14.9 Å². The van der Waals surface area contributed by atoms with Crippen LogP contribution in [0, 0.1) is 0 Å². The number of nitrogens with zero attached hydrogens (tertiary/aromatic N) is 4. The first kappa shape index (κ1) is 19.2. The summed E-state index contributed by atoms with van der Waals surface area (Å²) in [5.41, 5.74) is 2.88. The van der Waals surface area contributed by atoms with E-state index >= 15 is 0 Å². The molecule has 2 aromatic carbocycles. The molecule has 1 N–H and O–H groups in total. The lowest BCUT2D eigenvalue weighted by Crippen LogP contribution is -2.45. The molecule has 29 heavy (non-hydrogen) atoms. The number of likely N-dealkylation sites (N-methyl/N-ethyl adjacent to an activating group) is 1. The summed E-state index contributed by atoms with van der Waals surface area (Å²) in [5, 5.41) is 3.44. The highest BCUT2D eigenvalue weighted by Crippen LogP contribution is 2.29. The topological polar surface area (TPSA) is 53.5 Å². The fraction of sp³-hybridized carbons (Fsp3) is 0.304. The standard InChI is InChI=1S/C23H27N5O/c1-3-29-21-12-8-7-11-19(21)24-22-17-20(18-9-5-4-6-10-18)25-23(26-22)28-15-13-27(2)14-16-28/h4-12,17H,3,13-16H2,1-2H3,(H,24,25,26). The van der Waals surface area contributed by atoms with Crippen LogP contribution >= 0.6 is 0 Å². The van der Waals surface area contributed by atoms with Gasteiger partial charge in [0.1, 0.15) is 11.6 Å². The molecule has 1 aliphatic heterocycles. The maximum absolute atomic E-state index is 5.76. The molecule has 0 atom stereocenters. The predicted molar refractivity (Wildman–Crippen MR) is 118 cm³/mol. The number of rotatable bonds is 6. The Bertz CT molecular complexity index is 939. The quantitative estimate of drug-likeness (QED) is 0.687. The molecular weight excluding hydrogens is 362 g/mol. The SMILES string of the molecule is CCOc1ccccc1Nc1cc(-c2ccccc2)nc(N2CCN(C)CC2)n1. The maximum Gasteiger partial charge on any atom is 0.227 e. The first-order valence-corrected chi connectivity index (χ1v) is 10.1. The molecule has 1 saturated heterocycles. The normalized spacial score (nSPS) is 14.6. The number of aromatic nitrogens is 2. The highest BCUT2D eigenvalue weighted by Gasteiger charge is 2.18. The molecule has 1 aromatic heterocycles. The third-order valence-corrected chi connectivity index (χ3v) is 5.02. The van der Waals surface area contributed by atoms with E-state index in [4.69, 9.17) is 14.7 Å². The zero-order chi connectivity index (χ0) is 20.1. The second kappa shape index (κ2) is 8.92. The first-order chi connectivity index (χ1) is 14.2. The van der Waals surface area contributed by atoms with E-state index < -0.39 is 0 Å². The average molecular weight is 390 g/mol. The molecule has 0 saturated carbocycles. The summed E-state index contributed by atoms with van der Waals surface area (Å²) in [5.74, 6) is 2.34. The fourth-order valence-corrected chi connectivity index (χ4v) is 3.39. The van der Waals surface area contributed by atoms with Gasteiger partial charge in [-0.1, -0.05) is 42.5 Å². The second-order valence-corrected chi connectivity index (χ2v) is 7.15. The number of nitrogens with one attached hydrogen (secondary N) is 1. The van der Waals surface area contributed by atoms with Crippen molar-refractivity contribution in [2.75, 3.05) is 50.1 Å². The van der Waals surface area contributed by atoms with Crippen molar-refractivity contribution in [2.24, 2.45) is 0 Å². The average Bonchev–Trinajstić information content (AvgIpc) is 2.76. The number of hydrogen-bond donors (Lipinski definition) is 1. The minimum absolute atomic E-state index is 0.615. The van der Waals surface area contributed by atoms with Crippen LogP contribution in [0.4, 0.5) is 17.5 Å². The van der Waals surface area contributed by atoms with Gasteiger partial charge in [0.25, 0.3) is 0 Å². The van der Waals surface area contributed by atoms with Gasteiger partial charge in [-0.3, -0.25) is 0 Å². The molecule has 3 aromatic rings. The minimum atomic E-state index is 0.615. The Hall–Kier alpha value is -3.12. The lowest BCUT2D eigenvalue weighted by Gasteiger charge is -2.32. The van der Waals surface area contributed by atoms with Crippen molar-refractivity contribution < 1.29 is 4.74 Å². The Morgan fingerprint density at radius 3 is 2.41 bits per heavy atom. The van der Waals surface area contributed by atoms with Crippen molar-refractivity contribution in [3.05, 3.63) is 60.7 Å². The van der Waals surface area contributed by atoms with Gasteiger partial charge in [0, 0.05) is 37.8 Å². The van der Waals surface area contributed by atoms with Crippen molar-refractivity contribution in [1.29, 1.82) is 0 Å². The number of para-hydroxylation sites is 2. The number of ether oxygens (including phenoxy) is 1. The van der Waals surface area contributed by atoms with E-state index in [9.17, 15) is 0 Å². The zero-order valence-corrected chi connectivity index (χ0v) is 17.0. The van der Waals surface area contributed by atoms with Crippen LogP contribution in [0.2, 0.25) is 0 Å². The highest BCUT2D eigenvalue weighted by molar-refractivity contribution is 5.70. The molecular formula is C23H27N5O. The van der Waals surface area contributed by atoms with Crippen LogP contribution in [0.15, 0.2) is 60.7 Å². The molecule has 0 unspecified atom stereocenters. The molecule has 1 fully saturated rings.